The van der Waals surface area contributed by atoms with Crippen LogP contribution in [0, 0.1) is 29.1 Å². The first-order valence-corrected chi connectivity index (χ1v) is 18.2. The fourth-order valence-corrected chi connectivity index (χ4v) is 7.04. The van der Waals surface area contributed by atoms with E-state index in [1.165, 1.54) is 16.3 Å². The molecule has 2 N–H and O–H groups in total. The highest BCUT2D eigenvalue weighted by molar-refractivity contribution is 5.94. The topological polar surface area (TPSA) is 71.0 Å². The van der Waals surface area contributed by atoms with Crippen LogP contribution in [-0.2, 0) is 22.6 Å². The molecule has 4 atom stereocenters. The second-order valence-corrected chi connectivity index (χ2v) is 14.0. The van der Waals surface area contributed by atoms with E-state index in [2.05, 4.69) is 54.5 Å². The van der Waals surface area contributed by atoms with Gasteiger partial charge in [-0.3, -0.25) is 9.69 Å². The predicted octanol–water partition coefficient (Wildman–Crippen LogP) is 9.86. The molecule has 0 aliphatic carbocycles. The van der Waals surface area contributed by atoms with Crippen molar-refractivity contribution >= 4 is 16.7 Å². The van der Waals surface area contributed by atoms with Crippen LogP contribution in [0.5, 0.6) is 0 Å². The summed E-state index contributed by atoms with van der Waals surface area (Å²) in [6, 6.07) is 37.2. The van der Waals surface area contributed by atoms with Crippen molar-refractivity contribution in [2.45, 2.75) is 51.0 Å². The molecule has 6 aromatic carbocycles. The van der Waals surface area contributed by atoms with Gasteiger partial charge in [0.1, 0.15) is 5.56 Å². The van der Waals surface area contributed by atoms with Gasteiger partial charge in [-0.15, -0.1) is 0 Å². The lowest BCUT2D eigenvalue weighted by atomic mass is 9.97. The summed E-state index contributed by atoms with van der Waals surface area (Å²) in [5.74, 6) is -12.6. The number of nitrogens with zero attached hydrogens (tertiary/aromatic N) is 1. The van der Waals surface area contributed by atoms with Gasteiger partial charge < -0.3 is 19.9 Å². The third-order valence-corrected chi connectivity index (χ3v) is 10.3. The van der Waals surface area contributed by atoms with Gasteiger partial charge in [-0.25, -0.2) is 22.0 Å². The molecule has 1 aliphatic heterocycles. The van der Waals surface area contributed by atoms with Crippen LogP contribution >= 0.6 is 0 Å². The number of benzene rings is 6. The summed E-state index contributed by atoms with van der Waals surface area (Å²) in [4.78, 5) is 14.8. The molecular weight excluding hydrogens is 727 g/mol. The zero-order chi connectivity index (χ0) is 39.5. The van der Waals surface area contributed by atoms with E-state index in [1.54, 1.807) is 18.2 Å². The molecule has 0 aromatic heterocycles. The van der Waals surface area contributed by atoms with Gasteiger partial charge in [-0.2, -0.15) is 0 Å². The molecule has 0 bridgehead atoms. The molecule has 6 aromatic rings. The van der Waals surface area contributed by atoms with E-state index in [0.29, 0.717) is 18.5 Å². The Balaban J connectivity index is 1.10. The predicted molar refractivity (Wildman–Crippen MR) is 203 cm³/mol. The minimum Gasteiger partial charge on any atom is -0.392 e. The summed E-state index contributed by atoms with van der Waals surface area (Å²) < 4.78 is 82.7. The molecule has 288 valence electrons. The van der Waals surface area contributed by atoms with E-state index in [1.807, 2.05) is 66.7 Å². The monoisotopic (exact) mass is 766 g/mol. The van der Waals surface area contributed by atoms with Crippen molar-refractivity contribution in [1.29, 1.82) is 0 Å². The van der Waals surface area contributed by atoms with Crippen LogP contribution in [0.4, 0.5) is 22.0 Å². The molecule has 1 saturated heterocycles. The van der Waals surface area contributed by atoms with Crippen LogP contribution in [0.2, 0.25) is 0 Å². The first-order valence-electron chi connectivity index (χ1n) is 18.2. The second kappa shape index (κ2) is 16.7. The van der Waals surface area contributed by atoms with Crippen LogP contribution in [0.25, 0.3) is 21.9 Å². The highest BCUT2D eigenvalue weighted by Gasteiger charge is 2.34. The van der Waals surface area contributed by atoms with Gasteiger partial charge in [0.25, 0.3) is 5.91 Å². The van der Waals surface area contributed by atoms with E-state index < -0.39 is 46.8 Å². The second-order valence-electron chi connectivity index (χ2n) is 14.0. The number of fused-ring (bicyclic) bond motifs is 1. The highest BCUT2D eigenvalue weighted by atomic mass is 19.2. The number of hydrogen-bond donors (Lipinski definition) is 2. The van der Waals surface area contributed by atoms with Crippen LogP contribution in [-0.4, -0.2) is 35.6 Å². The lowest BCUT2D eigenvalue weighted by molar-refractivity contribution is -0.253. The summed E-state index contributed by atoms with van der Waals surface area (Å²) in [7, 11) is 2.08. The Hall–Kier alpha value is -5.46. The van der Waals surface area contributed by atoms with Gasteiger partial charge in [0, 0.05) is 31.1 Å². The van der Waals surface area contributed by atoms with Gasteiger partial charge in [-0.05, 0) is 76.3 Å². The summed E-state index contributed by atoms with van der Waals surface area (Å²) in [6.45, 7) is 2.49. The summed E-state index contributed by atoms with van der Waals surface area (Å²) in [5.41, 5.74) is 4.21. The van der Waals surface area contributed by atoms with E-state index in [9.17, 15) is 31.9 Å². The standard InChI is InChI=1S/C45H39F5N2O4/c1-26(31-18-17-29-8-3-4-9-33(29)20-31)52(2)24-36-22-37(30-15-13-27(25-53)14-16-30)56-45(55-36)35-12-6-11-34(21-35)32-10-5-7-28(19-32)23-51-44(54)38-39(46)41(48)43(50)42(49)40(38)47/h3-21,26,36-37,45,53H,22-25H2,1-2H3,(H,51,54)/t26-,36+,37-,45-/m1/s1. The van der Waals surface area contributed by atoms with Crippen molar-refractivity contribution in [1.82, 2.24) is 10.2 Å². The third kappa shape index (κ3) is 8.22. The summed E-state index contributed by atoms with van der Waals surface area (Å²) in [6.07, 6.45) is -0.645. The number of aliphatic hydroxyl groups is 1. The molecule has 0 radical (unpaired) electrons. The summed E-state index contributed by atoms with van der Waals surface area (Å²) >= 11 is 0. The molecule has 6 nitrogen and oxygen atoms in total. The molecule has 1 aliphatic rings. The molecule has 1 fully saturated rings. The van der Waals surface area contributed by atoms with Crippen LogP contribution in [0.15, 0.2) is 115 Å². The minimum atomic E-state index is -2.34. The Morgan fingerprint density at radius 1 is 0.732 bits per heavy atom. The largest absolute Gasteiger partial charge is 0.392 e. The Morgan fingerprint density at radius 3 is 2.11 bits per heavy atom. The fraction of sp³-hybridized carbons (Fsp3) is 0.222. The number of aliphatic hydroxyl groups excluding tert-OH is 1. The molecule has 7 rings (SSSR count). The lowest BCUT2D eigenvalue weighted by Crippen LogP contribution is -2.38. The van der Waals surface area contributed by atoms with E-state index >= 15 is 0 Å². The van der Waals surface area contributed by atoms with Gasteiger partial charge in [-0.1, -0.05) is 97.1 Å². The number of ether oxygens (including phenoxy) is 2. The Labute approximate surface area is 321 Å². The molecule has 11 heteroatoms. The zero-order valence-corrected chi connectivity index (χ0v) is 30.6. The maximum atomic E-state index is 14.2. The number of carbonyl (C=O) groups excluding carboxylic acids is 1. The minimum absolute atomic E-state index is 0.0662. The average molecular weight is 767 g/mol. The average Bonchev–Trinajstić information content (AvgIpc) is 3.23. The van der Waals surface area contributed by atoms with Crippen molar-refractivity contribution in [3.05, 3.63) is 178 Å². The van der Waals surface area contributed by atoms with E-state index in [-0.39, 0.29) is 31.4 Å². The van der Waals surface area contributed by atoms with Gasteiger partial charge in [0.05, 0.1) is 18.8 Å². The molecule has 0 unspecified atom stereocenters. The molecule has 56 heavy (non-hydrogen) atoms. The number of hydrogen-bond acceptors (Lipinski definition) is 5. The third-order valence-electron chi connectivity index (χ3n) is 10.3. The smallest absolute Gasteiger partial charge is 0.257 e. The molecular formula is C45H39F5N2O4. The van der Waals surface area contributed by atoms with Crippen molar-refractivity contribution in [3.63, 3.8) is 0 Å². The number of nitrogens with one attached hydrogen (secondary N) is 1. The van der Waals surface area contributed by atoms with Crippen molar-refractivity contribution in [3.8, 4) is 11.1 Å². The first kappa shape index (κ1) is 38.8. The Bertz CT molecular complexity index is 2340. The first-order chi connectivity index (χ1) is 27.0. The Kier molecular flexibility index (Phi) is 11.6. The lowest BCUT2D eigenvalue weighted by Gasteiger charge is -2.39. The molecule has 0 spiro atoms. The molecule has 1 amide bonds. The van der Waals surface area contributed by atoms with Gasteiger partial charge >= 0.3 is 0 Å². The van der Waals surface area contributed by atoms with Crippen molar-refractivity contribution < 1.29 is 41.3 Å². The van der Waals surface area contributed by atoms with Gasteiger partial charge in [0.15, 0.2) is 29.6 Å². The Morgan fingerprint density at radius 2 is 1.39 bits per heavy atom. The van der Waals surface area contributed by atoms with Crippen LogP contribution < -0.4 is 5.32 Å². The van der Waals surface area contributed by atoms with Crippen LogP contribution in [0.1, 0.15) is 70.0 Å². The number of halogens is 5. The SMILES string of the molecule is C[C@H](c1ccc2ccccc2c1)N(C)C[C@@H]1C[C@H](c2ccc(CO)cc2)O[C@H](c2cccc(-c3cccc(CNC(=O)c4c(F)c(F)c(F)c(F)c4F)c3)c2)O1. The van der Waals surface area contributed by atoms with Crippen molar-refractivity contribution in [2.24, 2.45) is 0 Å². The van der Waals surface area contributed by atoms with Crippen LogP contribution in [0.3, 0.4) is 0 Å². The molecule has 0 saturated carbocycles. The maximum absolute atomic E-state index is 14.2. The van der Waals surface area contributed by atoms with E-state index in [4.69, 9.17) is 9.47 Å². The molecule has 1 heterocycles. The quantitative estimate of drug-likeness (QED) is 0.0781. The summed E-state index contributed by atoms with van der Waals surface area (Å²) in [5, 5.41) is 14.2. The van der Waals surface area contributed by atoms with E-state index in [0.717, 1.165) is 27.8 Å². The highest BCUT2D eigenvalue weighted by Crippen LogP contribution is 2.40. The number of amides is 1. The number of likely N-dealkylation sites (N-methyl/N-ethyl adjacent to an activating group) is 1. The zero-order valence-electron chi connectivity index (χ0n) is 30.6. The van der Waals surface area contributed by atoms with Crippen molar-refractivity contribution in [2.75, 3.05) is 13.6 Å². The normalized spacial score (nSPS) is 17.6. The number of carbonyl (C=O) groups is 1. The number of rotatable bonds is 11. The maximum Gasteiger partial charge on any atom is 0.257 e. The van der Waals surface area contributed by atoms with Gasteiger partial charge in [0.2, 0.25) is 5.82 Å². The fourth-order valence-electron chi connectivity index (χ4n) is 7.04.